The zero-order valence-corrected chi connectivity index (χ0v) is 13.0. The molecule has 5 N–H and O–H groups in total. The van der Waals surface area contributed by atoms with Crippen LogP contribution in [0.5, 0.6) is 0 Å². The van der Waals surface area contributed by atoms with Crippen molar-refractivity contribution in [2.45, 2.75) is 25.6 Å². The van der Waals surface area contributed by atoms with E-state index in [0.29, 0.717) is 19.2 Å². The number of pyridine rings is 1. The van der Waals surface area contributed by atoms with Gasteiger partial charge in [0.1, 0.15) is 0 Å². The fraction of sp³-hybridized carbons (Fsp3) is 0.375. The van der Waals surface area contributed by atoms with Crippen molar-refractivity contribution < 1.29 is 14.8 Å². The molecule has 2 aromatic rings. The van der Waals surface area contributed by atoms with Gasteiger partial charge in [-0.15, -0.1) is 0 Å². The Hall–Kier alpha value is -1.96. The zero-order valence-electron chi connectivity index (χ0n) is 13.0. The average molecular weight is 315 g/mol. The molecular weight excluding hydrogens is 293 g/mol. The highest BCUT2D eigenvalue weighted by Crippen LogP contribution is 2.19. The molecule has 122 valence electrons. The summed E-state index contributed by atoms with van der Waals surface area (Å²) < 4.78 is 0. The van der Waals surface area contributed by atoms with Crippen LogP contribution in [-0.2, 0) is 4.79 Å². The fourth-order valence-electron chi connectivity index (χ4n) is 2.48. The molecule has 7 heteroatoms. The minimum atomic E-state index is -1.28. The molecule has 1 atom stereocenters. The van der Waals surface area contributed by atoms with E-state index in [4.69, 9.17) is 15.8 Å². The fourth-order valence-corrected chi connectivity index (χ4v) is 2.48. The summed E-state index contributed by atoms with van der Waals surface area (Å²) in [5, 5.41) is 22.6. The molecule has 23 heavy (non-hydrogen) atoms. The van der Waals surface area contributed by atoms with E-state index in [1.165, 1.54) is 0 Å². The van der Waals surface area contributed by atoms with Crippen LogP contribution < -0.4 is 11.1 Å². The molecule has 1 unspecified atom stereocenters. The SMILES string of the molecule is NCC(CCCCB(O)O)C(=O)Nc1ccc2cnccc2c1. The van der Waals surface area contributed by atoms with Crippen LogP contribution in [0, 0.1) is 5.92 Å². The van der Waals surface area contributed by atoms with Crippen molar-refractivity contribution in [3.63, 3.8) is 0 Å². The number of carbonyl (C=O) groups is 1. The summed E-state index contributed by atoms with van der Waals surface area (Å²) in [6, 6.07) is 7.56. The van der Waals surface area contributed by atoms with E-state index in [2.05, 4.69) is 10.3 Å². The van der Waals surface area contributed by atoms with E-state index in [0.717, 1.165) is 22.9 Å². The summed E-state index contributed by atoms with van der Waals surface area (Å²) in [5.41, 5.74) is 6.43. The smallest absolute Gasteiger partial charge is 0.427 e. The molecule has 0 saturated heterocycles. The Morgan fingerprint density at radius 2 is 2.09 bits per heavy atom. The van der Waals surface area contributed by atoms with E-state index in [1.54, 1.807) is 12.4 Å². The summed E-state index contributed by atoms with van der Waals surface area (Å²) in [5.74, 6) is -0.385. The van der Waals surface area contributed by atoms with Gasteiger partial charge in [0.05, 0.1) is 5.92 Å². The van der Waals surface area contributed by atoms with Crippen molar-refractivity contribution in [1.82, 2.24) is 4.98 Å². The highest BCUT2D eigenvalue weighted by Gasteiger charge is 2.17. The van der Waals surface area contributed by atoms with Crippen molar-refractivity contribution >= 4 is 29.5 Å². The van der Waals surface area contributed by atoms with Gasteiger partial charge in [-0.2, -0.15) is 0 Å². The van der Waals surface area contributed by atoms with Crippen LogP contribution in [0.1, 0.15) is 19.3 Å². The molecule has 1 aromatic carbocycles. The second-order valence-corrected chi connectivity index (χ2v) is 5.62. The monoisotopic (exact) mass is 315 g/mol. The topological polar surface area (TPSA) is 108 Å². The number of carbonyl (C=O) groups excluding carboxylic acids is 1. The number of unbranched alkanes of at least 4 members (excludes halogenated alkanes) is 1. The molecule has 6 nitrogen and oxygen atoms in total. The minimum absolute atomic E-state index is 0.106. The van der Waals surface area contributed by atoms with Gasteiger partial charge in [0.15, 0.2) is 0 Å². The number of anilines is 1. The molecule has 0 radical (unpaired) electrons. The predicted octanol–water partition coefficient (Wildman–Crippen LogP) is 1.39. The van der Waals surface area contributed by atoms with E-state index in [-0.39, 0.29) is 18.4 Å². The van der Waals surface area contributed by atoms with Crippen LogP contribution in [0.4, 0.5) is 5.69 Å². The zero-order chi connectivity index (χ0) is 16.7. The Balaban J connectivity index is 1.92. The van der Waals surface area contributed by atoms with Crippen LogP contribution in [0.15, 0.2) is 36.7 Å². The molecule has 2 rings (SSSR count). The van der Waals surface area contributed by atoms with E-state index in [9.17, 15) is 4.79 Å². The van der Waals surface area contributed by atoms with Gasteiger partial charge < -0.3 is 21.1 Å². The third-order valence-electron chi connectivity index (χ3n) is 3.83. The molecule has 0 fully saturated rings. The number of hydrogen-bond acceptors (Lipinski definition) is 5. The summed E-state index contributed by atoms with van der Waals surface area (Å²) in [6.07, 6.45) is 5.83. The molecule has 0 saturated carbocycles. The van der Waals surface area contributed by atoms with Gasteiger partial charge in [-0.05, 0) is 36.3 Å². The van der Waals surface area contributed by atoms with E-state index >= 15 is 0 Å². The molecule has 0 aliphatic carbocycles. The average Bonchev–Trinajstić information content (AvgIpc) is 2.54. The lowest BCUT2D eigenvalue weighted by Gasteiger charge is -2.15. The first-order valence-corrected chi connectivity index (χ1v) is 7.81. The number of hydrogen-bond donors (Lipinski definition) is 4. The Labute approximate surface area is 135 Å². The molecule has 1 heterocycles. The number of nitrogens with one attached hydrogen (secondary N) is 1. The Kier molecular flexibility index (Phi) is 6.52. The third-order valence-corrected chi connectivity index (χ3v) is 3.83. The minimum Gasteiger partial charge on any atom is -0.427 e. The number of amides is 1. The standard InChI is InChI=1S/C16H22BN3O3/c18-10-13(3-1-2-7-17(22)23)16(21)20-15-5-4-14-11-19-8-6-12(14)9-15/h4-6,8-9,11,13,22-23H,1-3,7,10,18H2,(H,20,21). The largest absolute Gasteiger partial charge is 0.451 e. The number of aromatic nitrogens is 1. The lowest BCUT2D eigenvalue weighted by atomic mass is 9.83. The van der Waals surface area contributed by atoms with Gasteiger partial charge >= 0.3 is 7.12 Å². The van der Waals surface area contributed by atoms with Crippen molar-refractivity contribution in [2.24, 2.45) is 11.7 Å². The molecule has 0 aliphatic heterocycles. The second kappa shape index (κ2) is 8.62. The highest BCUT2D eigenvalue weighted by molar-refractivity contribution is 6.40. The van der Waals surface area contributed by atoms with Crippen LogP contribution in [0.3, 0.4) is 0 Å². The van der Waals surface area contributed by atoms with Crippen LogP contribution in [0.25, 0.3) is 10.8 Å². The van der Waals surface area contributed by atoms with Gasteiger partial charge in [0.2, 0.25) is 5.91 Å². The van der Waals surface area contributed by atoms with Crippen molar-refractivity contribution in [2.75, 3.05) is 11.9 Å². The summed E-state index contributed by atoms with van der Waals surface area (Å²) in [4.78, 5) is 16.4. The Bertz CT molecular complexity index is 651. The van der Waals surface area contributed by atoms with Crippen molar-refractivity contribution in [3.8, 4) is 0 Å². The summed E-state index contributed by atoms with van der Waals surface area (Å²) in [6.45, 7) is 0.269. The lowest BCUT2D eigenvalue weighted by molar-refractivity contribution is -0.119. The maximum atomic E-state index is 12.3. The maximum Gasteiger partial charge on any atom is 0.451 e. The van der Waals surface area contributed by atoms with E-state index < -0.39 is 7.12 Å². The number of nitrogens with zero attached hydrogens (tertiary/aromatic N) is 1. The maximum absolute atomic E-state index is 12.3. The van der Waals surface area contributed by atoms with Crippen LogP contribution in [0.2, 0.25) is 6.32 Å². The molecular formula is C16H22BN3O3. The van der Waals surface area contributed by atoms with Gasteiger partial charge in [-0.1, -0.05) is 18.9 Å². The molecule has 1 aromatic heterocycles. The summed E-state index contributed by atoms with van der Waals surface area (Å²) in [7, 11) is -1.28. The Morgan fingerprint density at radius 3 is 2.83 bits per heavy atom. The molecule has 0 aliphatic rings. The highest BCUT2D eigenvalue weighted by atomic mass is 16.4. The van der Waals surface area contributed by atoms with Gasteiger partial charge in [0, 0.05) is 30.0 Å². The van der Waals surface area contributed by atoms with Crippen LogP contribution in [-0.4, -0.2) is 34.6 Å². The number of nitrogens with two attached hydrogens (primary N) is 1. The molecule has 1 amide bonds. The molecule has 0 spiro atoms. The van der Waals surface area contributed by atoms with Crippen molar-refractivity contribution in [1.29, 1.82) is 0 Å². The third kappa shape index (κ3) is 5.31. The normalized spacial score (nSPS) is 12.1. The Morgan fingerprint density at radius 1 is 1.26 bits per heavy atom. The first kappa shape index (κ1) is 17.4. The predicted molar refractivity (Wildman–Crippen MR) is 91.8 cm³/mol. The van der Waals surface area contributed by atoms with Crippen LogP contribution >= 0.6 is 0 Å². The summed E-state index contributed by atoms with van der Waals surface area (Å²) >= 11 is 0. The number of benzene rings is 1. The quantitative estimate of drug-likeness (QED) is 0.435. The van der Waals surface area contributed by atoms with E-state index in [1.807, 2.05) is 24.3 Å². The van der Waals surface area contributed by atoms with Gasteiger partial charge in [-0.3, -0.25) is 9.78 Å². The number of fused-ring (bicyclic) bond motifs is 1. The molecule has 0 bridgehead atoms. The second-order valence-electron chi connectivity index (χ2n) is 5.62. The first-order valence-electron chi connectivity index (χ1n) is 7.81. The number of rotatable bonds is 8. The first-order chi connectivity index (χ1) is 11.1. The lowest BCUT2D eigenvalue weighted by Crippen LogP contribution is -2.29. The van der Waals surface area contributed by atoms with Gasteiger partial charge in [0.25, 0.3) is 0 Å². The van der Waals surface area contributed by atoms with Crippen molar-refractivity contribution in [3.05, 3.63) is 36.7 Å². The van der Waals surface area contributed by atoms with Gasteiger partial charge in [-0.25, -0.2) is 0 Å².